The van der Waals surface area contributed by atoms with Crippen molar-refractivity contribution in [3.8, 4) is 0 Å². The average molecular weight is 691 g/mol. The molecule has 0 aromatic heterocycles. The molecule has 1 aliphatic rings. The number of nitrogens with zero attached hydrogens (tertiary/aromatic N) is 2. The number of hydrogen-bond donors (Lipinski definition) is 2. The minimum absolute atomic E-state index is 0.00712. The zero-order valence-corrected chi connectivity index (χ0v) is 30.5. The number of amides is 2. The van der Waals surface area contributed by atoms with E-state index in [4.69, 9.17) is 33.2 Å². The van der Waals surface area contributed by atoms with Crippen molar-refractivity contribution >= 4 is 23.8 Å². The van der Waals surface area contributed by atoms with Crippen molar-refractivity contribution in [2.75, 3.05) is 92.1 Å². The molecule has 1 aliphatic heterocycles. The molecule has 0 aromatic carbocycles. The van der Waals surface area contributed by atoms with E-state index in [0.717, 1.165) is 0 Å². The Morgan fingerprint density at radius 2 is 0.958 bits per heavy atom. The van der Waals surface area contributed by atoms with Gasteiger partial charge in [-0.25, -0.2) is 9.59 Å². The van der Waals surface area contributed by atoms with Crippen LogP contribution in [0.5, 0.6) is 0 Å². The molecule has 2 atom stereocenters. The summed E-state index contributed by atoms with van der Waals surface area (Å²) < 4.78 is 39.2. The highest BCUT2D eigenvalue weighted by molar-refractivity contribution is 5.85. The first kappa shape index (κ1) is 43.6. The number of esters is 2. The van der Waals surface area contributed by atoms with Crippen LogP contribution in [0.1, 0.15) is 61.8 Å². The molecule has 2 amide bonds. The molecule has 1 fully saturated rings. The van der Waals surface area contributed by atoms with Gasteiger partial charge < -0.3 is 43.8 Å². The van der Waals surface area contributed by atoms with Crippen LogP contribution in [0.2, 0.25) is 0 Å². The van der Waals surface area contributed by atoms with Crippen molar-refractivity contribution in [3.05, 3.63) is 0 Å². The Hall–Kier alpha value is -2.40. The van der Waals surface area contributed by atoms with Crippen LogP contribution in [0.4, 0.5) is 0 Å². The van der Waals surface area contributed by atoms with Gasteiger partial charge in [0.05, 0.1) is 84.3 Å². The van der Waals surface area contributed by atoms with Gasteiger partial charge in [0.2, 0.25) is 18.0 Å². The quantitative estimate of drug-likeness (QED) is 0.196. The summed E-state index contributed by atoms with van der Waals surface area (Å²) in [6.45, 7) is 19.3. The minimum atomic E-state index is -1.21. The predicted octanol–water partition coefficient (Wildman–Crippen LogP) is 0.972. The first-order chi connectivity index (χ1) is 22.8. The van der Waals surface area contributed by atoms with Gasteiger partial charge in [-0.15, -0.1) is 0 Å². The summed E-state index contributed by atoms with van der Waals surface area (Å²) >= 11 is 0. The van der Waals surface area contributed by atoms with E-state index in [1.54, 1.807) is 41.5 Å². The number of nitrogens with one attached hydrogen (secondary N) is 2. The van der Waals surface area contributed by atoms with Crippen LogP contribution in [0.3, 0.4) is 0 Å². The molecule has 0 saturated carbocycles. The fourth-order valence-electron chi connectivity index (χ4n) is 4.51. The number of carbonyl (C=O) groups is 4. The lowest BCUT2D eigenvalue weighted by atomic mass is 10.0. The molecular weight excluding hydrogens is 628 g/mol. The highest BCUT2D eigenvalue weighted by Crippen LogP contribution is 2.08. The van der Waals surface area contributed by atoms with E-state index in [0.29, 0.717) is 85.5 Å². The Morgan fingerprint density at radius 1 is 0.562 bits per heavy atom. The van der Waals surface area contributed by atoms with Gasteiger partial charge in [0.1, 0.15) is 6.04 Å². The van der Waals surface area contributed by atoms with Gasteiger partial charge in [0.15, 0.2) is 0 Å². The van der Waals surface area contributed by atoms with Gasteiger partial charge in [0.25, 0.3) is 0 Å². The van der Waals surface area contributed by atoms with Crippen molar-refractivity contribution in [2.45, 2.75) is 92.4 Å². The zero-order valence-electron chi connectivity index (χ0n) is 30.5. The molecule has 15 nitrogen and oxygen atoms in total. The molecular formula is C33H62N4O11. The molecule has 2 N–H and O–H groups in total. The van der Waals surface area contributed by atoms with Crippen LogP contribution in [0.15, 0.2) is 0 Å². The molecule has 1 rings (SSSR count). The molecule has 0 aliphatic carbocycles. The number of carbonyl (C=O) groups excluding carboxylic acids is 4. The largest absolute Gasteiger partial charge is 0.461 e. The lowest BCUT2D eigenvalue weighted by Gasteiger charge is -2.25. The molecule has 0 spiro atoms. The SMILES string of the molecule is CC(C)C[C@H](NC(=O)CN1CCOCCOCCN(CC(=O)N[C@@H](OC(C)C)C(=O)OC(C)C)CCOCCOCC1)C(=O)OC(C)C. The van der Waals surface area contributed by atoms with E-state index in [1.165, 1.54) is 0 Å². The molecule has 48 heavy (non-hydrogen) atoms. The molecule has 0 radical (unpaired) electrons. The maximum Gasteiger partial charge on any atom is 0.356 e. The third kappa shape index (κ3) is 22.3. The second-order valence-electron chi connectivity index (χ2n) is 12.9. The molecule has 0 aromatic rings. The van der Waals surface area contributed by atoms with E-state index >= 15 is 0 Å². The van der Waals surface area contributed by atoms with Gasteiger partial charge >= 0.3 is 11.9 Å². The monoisotopic (exact) mass is 690 g/mol. The van der Waals surface area contributed by atoms with Crippen molar-refractivity contribution in [3.63, 3.8) is 0 Å². The van der Waals surface area contributed by atoms with E-state index in [1.807, 2.05) is 23.6 Å². The maximum atomic E-state index is 12.9. The van der Waals surface area contributed by atoms with Crippen molar-refractivity contribution in [1.82, 2.24) is 20.4 Å². The Bertz CT molecular complexity index is 828. The Morgan fingerprint density at radius 3 is 1.33 bits per heavy atom. The summed E-state index contributed by atoms with van der Waals surface area (Å²) in [4.78, 5) is 54.6. The summed E-state index contributed by atoms with van der Waals surface area (Å²) in [7, 11) is 0. The molecule has 15 heteroatoms. The van der Waals surface area contributed by atoms with Gasteiger partial charge in [-0.2, -0.15) is 0 Å². The topological polar surface area (TPSA) is 163 Å². The predicted molar refractivity (Wildman–Crippen MR) is 178 cm³/mol. The smallest absolute Gasteiger partial charge is 0.356 e. The molecule has 280 valence electrons. The van der Waals surface area contributed by atoms with Crippen LogP contribution in [-0.2, 0) is 52.3 Å². The van der Waals surface area contributed by atoms with Crippen LogP contribution in [0, 0.1) is 5.92 Å². The summed E-state index contributed by atoms with van der Waals surface area (Å²) in [6, 6.07) is -0.711. The third-order valence-electron chi connectivity index (χ3n) is 6.63. The number of rotatable bonds is 14. The maximum absolute atomic E-state index is 12.9. The van der Waals surface area contributed by atoms with Crippen LogP contribution in [-0.4, -0.2) is 156 Å². The Kier molecular flexibility index (Phi) is 23.2. The average Bonchev–Trinajstić information content (AvgIpc) is 2.97. The second kappa shape index (κ2) is 25.6. The molecule has 0 unspecified atom stereocenters. The first-order valence-corrected chi connectivity index (χ1v) is 17.2. The number of hydrogen-bond acceptors (Lipinski definition) is 13. The summed E-state index contributed by atoms with van der Waals surface area (Å²) in [5, 5.41) is 5.47. The summed E-state index contributed by atoms with van der Waals surface area (Å²) in [6.07, 6.45) is -1.63. The van der Waals surface area contributed by atoms with Gasteiger partial charge in [0, 0.05) is 26.2 Å². The van der Waals surface area contributed by atoms with Crippen molar-refractivity contribution in [1.29, 1.82) is 0 Å². The highest BCUT2D eigenvalue weighted by atomic mass is 16.6. The van der Waals surface area contributed by atoms with Gasteiger partial charge in [-0.05, 0) is 53.9 Å². The van der Waals surface area contributed by atoms with E-state index in [2.05, 4.69) is 10.6 Å². The highest BCUT2D eigenvalue weighted by Gasteiger charge is 2.27. The van der Waals surface area contributed by atoms with E-state index < -0.39 is 24.2 Å². The fourth-order valence-corrected chi connectivity index (χ4v) is 4.51. The minimum Gasteiger partial charge on any atom is -0.461 e. The summed E-state index contributed by atoms with van der Waals surface area (Å²) in [5.41, 5.74) is 0. The van der Waals surface area contributed by atoms with Gasteiger partial charge in [-0.3, -0.25) is 19.4 Å². The second-order valence-corrected chi connectivity index (χ2v) is 12.9. The molecule has 1 heterocycles. The number of ether oxygens (including phenoxy) is 7. The lowest BCUT2D eigenvalue weighted by Crippen LogP contribution is -2.49. The van der Waals surface area contributed by atoms with Crippen LogP contribution < -0.4 is 10.6 Å². The van der Waals surface area contributed by atoms with Crippen LogP contribution >= 0.6 is 0 Å². The van der Waals surface area contributed by atoms with E-state index in [-0.39, 0.29) is 49.1 Å². The molecule has 1 saturated heterocycles. The zero-order chi connectivity index (χ0) is 35.9. The van der Waals surface area contributed by atoms with Crippen molar-refractivity contribution in [2.24, 2.45) is 5.92 Å². The first-order valence-electron chi connectivity index (χ1n) is 17.2. The fraction of sp³-hybridized carbons (Fsp3) is 0.879. The molecule has 0 bridgehead atoms. The normalized spacial score (nSPS) is 18.6. The standard InChI is InChI=1S/C33H62N4O11/c1-24(2)21-28(32(40)47-26(5)6)34-29(38)22-36-9-13-42-17-19-44-15-11-37(12-16-45-20-18-43-14-10-36)23-30(39)35-31(46-25(3)4)33(41)48-27(7)8/h24-28,31H,9-23H2,1-8H3,(H,34,38)(H,35,39)/t28-,31-/m0/s1. The van der Waals surface area contributed by atoms with E-state index in [9.17, 15) is 19.2 Å². The van der Waals surface area contributed by atoms with Crippen molar-refractivity contribution < 1.29 is 52.3 Å². The summed E-state index contributed by atoms with van der Waals surface area (Å²) in [5.74, 6) is -1.54. The Balaban J connectivity index is 2.65. The lowest BCUT2D eigenvalue weighted by molar-refractivity contribution is -0.168. The van der Waals surface area contributed by atoms with Gasteiger partial charge in [-0.1, -0.05) is 13.8 Å². The third-order valence-corrected chi connectivity index (χ3v) is 6.63. The Labute approximate surface area is 286 Å². The van der Waals surface area contributed by atoms with Crippen LogP contribution in [0.25, 0.3) is 0 Å².